The number of benzene rings is 3. The molecule has 1 aliphatic heterocycles. The first-order valence-electron chi connectivity index (χ1n) is 10.3. The highest BCUT2D eigenvalue weighted by Crippen LogP contribution is 2.38. The monoisotopic (exact) mass is 443 g/mol. The molecule has 0 radical (unpaired) electrons. The molecule has 1 fully saturated rings. The zero-order valence-corrected chi connectivity index (χ0v) is 17.7. The average Bonchev–Trinajstić information content (AvgIpc) is 2.80. The lowest BCUT2D eigenvalue weighted by Crippen LogP contribution is -2.54. The number of piperidine rings is 1. The fourth-order valence-corrected chi connectivity index (χ4v) is 4.10. The number of nitrogens with one attached hydrogen (secondary N) is 1. The lowest BCUT2D eigenvalue weighted by atomic mass is 9.82. The first-order valence-corrected chi connectivity index (χ1v) is 10.7. The first-order chi connectivity index (χ1) is 15.1. The Morgan fingerprint density at radius 1 is 0.935 bits per heavy atom. The molecule has 3 aromatic rings. The van der Waals surface area contributed by atoms with Crippen molar-refractivity contribution in [2.75, 3.05) is 13.1 Å². The summed E-state index contributed by atoms with van der Waals surface area (Å²) in [4.78, 5) is 0. The van der Waals surface area contributed by atoms with Crippen molar-refractivity contribution >= 4 is 11.6 Å². The van der Waals surface area contributed by atoms with E-state index in [4.69, 9.17) is 21.1 Å². The van der Waals surface area contributed by atoms with E-state index in [0.717, 1.165) is 23.7 Å². The normalized spacial score (nSPS) is 21.2. The van der Waals surface area contributed by atoms with Gasteiger partial charge in [-0.15, -0.1) is 0 Å². The number of ether oxygens (including phenoxy) is 2. The van der Waals surface area contributed by atoms with Crippen molar-refractivity contribution in [1.29, 1.82) is 0 Å². The molecule has 3 nitrogen and oxygen atoms in total. The van der Waals surface area contributed by atoms with E-state index in [9.17, 15) is 8.78 Å². The van der Waals surface area contributed by atoms with E-state index in [1.807, 2.05) is 54.6 Å². The fraction of sp³-hybridized carbons (Fsp3) is 0.280. The van der Waals surface area contributed by atoms with Crippen LogP contribution in [0.4, 0.5) is 8.78 Å². The third kappa shape index (κ3) is 4.96. The predicted octanol–water partition coefficient (Wildman–Crippen LogP) is 5.61. The third-order valence-electron chi connectivity index (χ3n) is 5.67. The van der Waals surface area contributed by atoms with Crippen LogP contribution in [0.1, 0.15) is 23.1 Å². The van der Waals surface area contributed by atoms with Gasteiger partial charge in [-0.25, -0.2) is 8.78 Å². The molecular weight excluding hydrogens is 420 g/mol. The second-order valence-corrected chi connectivity index (χ2v) is 8.07. The van der Waals surface area contributed by atoms with Crippen LogP contribution >= 0.6 is 11.6 Å². The van der Waals surface area contributed by atoms with Crippen molar-refractivity contribution in [1.82, 2.24) is 5.32 Å². The molecule has 162 valence electrons. The van der Waals surface area contributed by atoms with Crippen LogP contribution in [-0.2, 0) is 28.3 Å². The van der Waals surface area contributed by atoms with Gasteiger partial charge in [-0.1, -0.05) is 66.2 Å². The Morgan fingerprint density at radius 3 is 2.48 bits per heavy atom. The van der Waals surface area contributed by atoms with Gasteiger partial charge in [0.1, 0.15) is 11.7 Å². The Labute approximate surface area is 186 Å². The second-order valence-electron chi connectivity index (χ2n) is 7.64. The average molecular weight is 444 g/mol. The maximum Gasteiger partial charge on any atom is 0.164 e. The Balaban J connectivity index is 1.62. The van der Waals surface area contributed by atoms with Gasteiger partial charge in [0.05, 0.1) is 13.2 Å². The maximum atomic E-state index is 14.2. The summed E-state index contributed by atoms with van der Waals surface area (Å²) >= 11 is 6.12. The lowest BCUT2D eigenvalue weighted by Gasteiger charge is -2.44. The minimum absolute atomic E-state index is 0.0556. The summed E-state index contributed by atoms with van der Waals surface area (Å²) in [6.07, 6.45) is 0.256. The summed E-state index contributed by atoms with van der Waals surface area (Å²) < 4.78 is 40.5. The van der Waals surface area contributed by atoms with E-state index in [-0.39, 0.29) is 12.2 Å². The Hall–Kier alpha value is -2.31. The summed E-state index contributed by atoms with van der Waals surface area (Å²) in [5.74, 6) is -1.76. The molecule has 2 atom stereocenters. The smallest absolute Gasteiger partial charge is 0.164 e. The van der Waals surface area contributed by atoms with Gasteiger partial charge in [0, 0.05) is 17.1 Å². The molecule has 1 N–H and O–H groups in total. The van der Waals surface area contributed by atoms with Crippen LogP contribution in [0.2, 0.25) is 5.02 Å². The molecule has 0 unspecified atom stereocenters. The van der Waals surface area contributed by atoms with Crippen LogP contribution < -0.4 is 5.32 Å². The minimum atomic E-state index is -0.882. The van der Waals surface area contributed by atoms with Crippen molar-refractivity contribution in [2.24, 2.45) is 0 Å². The van der Waals surface area contributed by atoms with Gasteiger partial charge in [0.15, 0.2) is 11.6 Å². The molecule has 3 aromatic carbocycles. The number of hydrogen-bond donors (Lipinski definition) is 1. The minimum Gasteiger partial charge on any atom is -0.369 e. The van der Waals surface area contributed by atoms with Crippen molar-refractivity contribution in [3.63, 3.8) is 0 Å². The van der Waals surface area contributed by atoms with Crippen LogP contribution in [0, 0.1) is 11.6 Å². The first kappa shape index (κ1) is 21.9. The van der Waals surface area contributed by atoms with Gasteiger partial charge in [0.2, 0.25) is 0 Å². The number of halogens is 3. The maximum absolute atomic E-state index is 14.2. The molecule has 0 aliphatic carbocycles. The number of rotatable bonds is 7. The predicted molar refractivity (Wildman–Crippen MR) is 117 cm³/mol. The van der Waals surface area contributed by atoms with E-state index in [1.54, 1.807) is 0 Å². The fourth-order valence-electron chi connectivity index (χ4n) is 3.97. The molecule has 0 bridgehead atoms. The largest absolute Gasteiger partial charge is 0.369 e. The van der Waals surface area contributed by atoms with E-state index >= 15 is 0 Å². The van der Waals surface area contributed by atoms with Crippen LogP contribution in [-0.4, -0.2) is 19.2 Å². The standard InChI is InChI=1S/C25H24ClF2NO2/c26-21-11-9-20(10-12-21)25(31-16-18-5-2-1-3-6-18)13-14-29-15-23(25)30-17-19-7-4-8-22(27)24(19)28/h1-12,23,29H,13-17H2/t23-,25-/m0/s1. The molecule has 0 saturated carbocycles. The molecule has 31 heavy (non-hydrogen) atoms. The summed E-state index contributed by atoms with van der Waals surface area (Å²) in [6, 6.07) is 21.6. The summed E-state index contributed by atoms with van der Waals surface area (Å²) in [6.45, 7) is 1.61. The zero-order chi connectivity index (χ0) is 21.7. The molecule has 4 rings (SSSR count). The Bertz CT molecular complexity index is 1000. The van der Waals surface area contributed by atoms with Crippen molar-refractivity contribution < 1.29 is 18.3 Å². The van der Waals surface area contributed by atoms with E-state index < -0.39 is 23.3 Å². The van der Waals surface area contributed by atoms with Crippen LogP contribution in [0.3, 0.4) is 0 Å². The lowest BCUT2D eigenvalue weighted by molar-refractivity contribution is -0.176. The topological polar surface area (TPSA) is 30.5 Å². The van der Waals surface area contributed by atoms with Crippen LogP contribution in [0.15, 0.2) is 72.8 Å². The number of hydrogen-bond acceptors (Lipinski definition) is 3. The summed E-state index contributed by atoms with van der Waals surface area (Å²) in [7, 11) is 0. The molecule has 6 heteroatoms. The zero-order valence-electron chi connectivity index (χ0n) is 17.0. The Kier molecular flexibility index (Phi) is 6.98. The van der Waals surface area contributed by atoms with Gasteiger partial charge in [-0.2, -0.15) is 0 Å². The molecular formula is C25H24ClF2NO2. The highest BCUT2D eigenvalue weighted by atomic mass is 35.5. The van der Waals surface area contributed by atoms with Gasteiger partial charge in [-0.3, -0.25) is 0 Å². The van der Waals surface area contributed by atoms with E-state index in [2.05, 4.69) is 5.32 Å². The summed E-state index contributed by atoms with van der Waals surface area (Å²) in [5.41, 5.74) is 1.41. The molecule has 1 heterocycles. The van der Waals surface area contributed by atoms with Gasteiger partial charge >= 0.3 is 0 Å². The SMILES string of the molecule is Fc1cccc(CO[C@H]2CNCC[C@]2(OCc2ccccc2)c2ccc(Cl)cc2)c1F. The molecule has 1 saturated heterocycles. The van der Waals surface area contributed by atoms with Crippen molar-refractivity contribution in [3.8, 4) is 0 Å². The highest BCUT2D eigenvalue weighted by molar-refractivity contribution is 6.30. The highest BCUT2D eigenvalue weighted by Gasteiger charge is 2.44. The van der Waals surface area contributed by atoms with Crippen molar-refractivity contribution in [3.05, 3.63) is 106 Å². The molecule has 1 aliphatic rings. The van der Waals surface area contributed by atoms with Gasteiger partial charge in [-0.05, 0) is 42.3 Å². The Morgan fingerprint density at radius 2 is 1.71 bits per heavy atom. The third-order valence-corrected chi connectivity index (χ3v) is 5.92. The van der Waals surface area contributed by atoms with Crippen LogP contribution in [0.25, 0.3) is 0 Å². The van der Waals surface area contributed by atoms with Crippen LogP contribution in [0.5, 0.6) is 0 Å². The second kappa shape index (κ2) is 9.88. The molecule has 0 spiro atoms. The molecule has 0 aromatic heterocycles. The molecule has 0 amide bonds. The van der Waals surface area contributed by atoms with E-state index in [0.29, 0.717) is 24.6 Å². The summed E-state index contributed by atoms with van der Waals surface area (Å²) in [5, 5.41) is 3.97. The van der Waals surface area contributed by atoms with Crippen molar-refractivity contribution in [2.45, 2.75) is 31.3 Å². The quantitative estimate of drug-likeness (QED) is 0.515. The van der Waals surface area contributed by atoms with Gasteiger partial charge in [0.25, 0.3) is 0 Å². The van der Waals surface area contributed by atoms with E-state index in [1.165, 1.54) is 12.1 Å². The van der Waals surface area contributed by atoms with Gasteiger partial charge < -0.3 is 14.8 Å².